The van der Waals surface area contributed by atoms with Gasteiger partial charge in [0.25, 0.3) is 0 Å². The van der Waals surface area contributed by atoms with Crippen molar-refractivity contribution < 1.29 is 0 Å². The quantitative estimate of drug-likeness (QED) is 0.742. The molecule has 1 saturated heterocycles. The zero-order valence-corrected chi connectivity index (χ0v) is 9.51. The molecule has 0 aliphatic carbocycles. The summed E-state index contributed by atoms with van der Waals surface area (Å²) in [6.07, 6.45) is 3.27. The molecule has 1 fully saturated rings. The normalized spacial score (nSPS) is 25.6. The average Bonchev–Trinajstić information content (AvgIpc) is 2.42. The first-order chi connectivity index (χ1) is 6.37. The molecule has 1 aliphatic rings. The minimum absolute atomic E-state index is 0.297. The molecule has 1 heterocycles. The van der Waals surface area contributed by atoms with Crippen LogP contribution in [-0.4, -0.2) is 29.1 Å². The Balaban J connectivity index is 2.43. The van der Waals surface area contributed by atoms with Gasteiger partial charge < -0.3 is 5.73 Å². The van der Waals surface area contributed by atoms with Crippen LogP contribution < -0.4 is 5.73 Å². The molecule has 1 rings (SSSR count). The molecular weight excluding hydrogens is 174 g/mol. The third-order valence-electron chi connectivity index (χ3n) is 3.23. The largest absolute Gasteiger partial charge is 0.314 e. The van der Waals surface area contributed by atoms with Crippen LogP contribution in [0.4, 0.5) is 0 Å². The molecule has 1 unspecified atom stereocenters. The highest BCUT2D eigenvalue weighted by Crippen LogP contribution is 2.28. The molecule has 0 bridgehead atoms. The van der Waals surface area contributed by atoms with E-state index in [1.54, 1.807) is 6.92 Å². The van der Waals surface area contributed by atoms with Crippen LogP contribution in [0.1, 0.15) is 40.0 Å². The van der Waals surface area contributed by atoms with Gasteiger partial charge in [-0.15, -0.1) is 0 Å². The standard InChI is InChI=1S/C11H21N3/c1-10(2)5-4-7-14(10)8-6-11(3,13)9-12/h4-8,13H2,1-3H3. The van der Waals surface area contributed by atoms with E-state index in [2.05, 4.69) is 24.8 Å². The van der Waals surface area contributed by atoms with Gasteiger partial charge in [-0.2, -0.15) is 5.26 Å². The minimum Gasteiger partial charge on any atom is -0.314 e. The lowest BCUT2D eigenvalue weighted by atomic mass is 9.98. The molecule has 2 N–H and O–H groups in total. The van der Waals surface area contributed by atoms with Crippen LogP contribution >= 0.6 is 0 Å². The average molecular weight is 195 g/mol. The number of nitrogens with two attached hydrogens (primary N) is 1. The second-order valence-electron chi connectivity index (χ2n) is 5.18. The zero-order valence-electron chi connectivity index (χ0n) is 9.51. The molecule has 0 aromatic rings. The summed E-state index contributed by atoms with van der Waals surface area (Å²) in [6.45, 7) is 8.42. The Hall–Kier alpha value is -0.590. The van der Waals surface area contributed by atoms with Gasteiger partial charge in [0.2, 0.25) is 0 Å². The van der Waals surface area contributed by atoms with E-state index in [9.17, 15) is 0 Å². The lowest BCUT2D eigenvalue weighted by Crippen LogP contribution is -2.43. The SMILES string of the molecule is CC(N)(C#N)CCN1CCCC1(C)C. The van der Waals surface area contributed by atoms with Crippen molar-refractivity contribution in [1.29, 1.82) is 5.26 Å². The summed E-state index contributed by atoms with van der Waals surface area (Å²) in [5, 5.41) is 8.80. The molecule has 0 aromatic heterocycles. The van der Waals surface area contributed by atoms with Crippen LogP contribution in [0.2, 0.25) is 0 Å². The molecule has 0 amide bonds. The third-order valence-corrected chi connectivity index (χ3v) is 3.23. The maximum atomic E-state index is 8.80. The maximum Gasteiger partial charge on any atom is 0.102 e. The third kappa shape index (κ3) is 2.70. The summed E-state index contributed by atoms with van der Waals surface area (Å²) >= 11 is 0. The second kappa shape index (κ2) is 3.88. The Kier molecular flexibility index (Phi) is 3.18. The van der Waals surface area contributed by atoms with Gasteiger partial charge in [0.05, 0.1) is 6.07 Å². The number of nitriles is 1. The molecule has 3 nitrogen and oxygen atoms in total. The maximum absolute atomic E-state index is 8.80. The first-order valence-corrected chi connectivity index (χ1v) is 5.33. The summed E-state index contributed by atoms with van der Waals surface area (Å²) in [7, 11) is 0. The van der Waals surface area contributed by atoms with Gasteiger partial charge in [0.1, 0.15) is 5.54 Å². The minimum atomic E-state index is -0.668. The van der Waals surface area contributed by atoms with Crippen molar-refractivity contribution in [2.75, 3.05) is 13.1 Å². The van der Waals surface area contributed by atoms with Gasteiger partial charge in [0.15, 0.2) is 0 Å². The predicted octanol–water partition coefficient (Wildman–Crippen LogP) is 1.49. The van der Waals surface area contributed by atoms with E-state index in [4.69, 9.17) is 11.0 Å². The van der Waals surface area contributed by atoms with Crippen LogP contribution in [0.25, 0.3) is 0 Å². The second-order valence-corrected chi connectivity index (χ2v) is 5.18. The Morgan fingerprint density at radius 2 is 2.21 bits per heavy atom. The monoisotopic (exact) mass is 195 g/mol. The lowest BCUT2D eigenvalue weighted by molar-refractivity contribution is 0.165. The molecule has 3 heteroatoms. The molecule has 14 heavy (non-hydrogen) atoms. The topological polar surface area (TPSA) is 53.1 Å². The number of likely N-dealkylation sites (tertiary alicyclic amines) is 1. The first kappa shape index (κ1) is 11.5. The Bertz CT molecular complexity index is 237. The number of rotatable bonds is 3. The highest BCUT2D eigenvalue weighted by Gasteiger charge is 2.32. The van der Waals surface area contributed by atoms with Crippen molar-refractivity contribution in [3.63, 3.8) is 0 Å². The van der Waals surface area contributed by atoms with Crippen molar-refractivity contribution in [2.45, 2.75) is 51.1 Å². The first-order valence-electron chi connectivity index (χ1n) is 5.33. The molecule has 0 aromatic carbocycles. The van der Waals surface area contributed by atoms with Crippen LogP contribution in [-0.2, 0) is 0 Å². The number of hydrogen-bond donors (Lipinski definition) is 1. The van der Waals surface area contributed by atoms with Gasteiger partial charge in [-0.3, -0.25) is 4.90 Å². The van der Waals surface area contributed by atoms with E-state index >= 15 is 0 Å². The van der Waals surface area contributed by atoms with Gasteiger partial charge in [-0.1, -0.05) is 0 Å². The summed E-state index contributed by atoms with van der Waals surface area (Å²) in [4.78, 5) is 2.44. The van der Waals surface area contributed by atoms with Gasteiger partial charge in [0, 0.05) is 12.1 Å². The van der Waals surface area contributed by atoms with E-state index in [0.717, 1.165) is 19.5 Å². The van der Waals surface area contributed by atoms with Gasteiger partial charge in [-0.05, 0) is 46.6 Å². The van der Waals surface area contributed by atoms with Crippen LogP contribution in [0.5, 0.6) is 0 Å². The number of hydrogen-bond acceptors (Lipinski definition) is 3. The summed E-state index contributed by atoms with van der Waals surface area (Å²) in [5.74, 6) is 0. The summed E-state index contributed by atoms with van der Waals surface area (Å²) in [5.41, 5.74) is 5.42. The fraction of sp³-hybridized carbons (Fsp3) is 0.909. The Morgan fingerprint density at radius 3 is 2.64 bits per heavy atom. The van der Waals surface area contributed by atoms with E-state index in [1.165, 1.54) is 12.8 Å². The summed E-state index contributed by atoms with van der Waals surface area (Å²) in [6, 6.07) is 2.14. The molecular formula is C11H21N3. The van der Waals surface area contributed by atoms with E-state index in [0.29, 0.717) is 5.54 Å². The van der Waals surface area contributed by atoms with Crippen molar-refractivity contribution in [1.82, 2.24) is 4.90 Å². The zero-order chi connectivity index (χ0) is 10.8. The summed E-state index contributed by atoms with van der Waals surface area (Å²) < 4.78 is 0. The van der Waals surface area contributed by atoms with Gasteiger partial charge >= 0.3 is 0 Å². The lowest BCUT2D eigenvalue weighted by Gasteiger charge is -2.33. The molecule has 0 spiro atoms. The highest BCUT2D eigenvalue weighted by atomic mass is 15.2. The predicted molar refractivity (Wildman–Crippen MR) is 57.7 cm³/mol. The molecule has 1 atom stereocenters. The van der Waals surface area contributed by atoms with Crippen LogP contribution in [0.15, 0.2) is 0 Å². The molecule has 0 radical (unpaired) electrons. The Morgan fingerprint density at radius 1 is 1.57 bits per heavy atom. The Labute approximate surface area is 86.9 Å². The molecule has 0 saturated carbocycles. The molecule has 80 valence electrons. The fourth-order valence-electron chi connectivity index (χ4n) is 2.00. The van der Waals surface area contributed by atoms with E-state index < -0.39 is 5.54 Å². The van der Waals surface area contributed by atoms with Crippen LogP contribution in [0, 0.1) is 11.3 Å². The highest BCUT2D eigenvalue weighted by molar-refractivity contribution is 5.02. The fourth-order valence-corrected chi connectivity index (χ4v) is 2.00. The van der Waals surface area contributed by atoms with E-state index in [1.807, 2.05) is 0 Å². The van der Waals surface area contributed by atoms with Crippen molar-refractivity contribution in [3.8, 4) is 6.07 Å². The van der Waals surface area contributed by atoms with Crippen molar-refractivity contribution in [2.24, 2.45) is 5.73 Å². The van der Waals surface area contributed by atoms with E-state index in [-0.39, 0.29) is 0 Å². The van der Waals surface area contributed by atoms with Crippen molar-refractivity contribution >= 4 is 0 Å². The smallest absolute Gasteiger partial charge is 0.102 e. The molecule has 1 aliphatic heterocycles. The van der Waals surface area contributed by atoms with Crippen molar-refractivity contribution in [3.05, 3.63) is 0 Å². The number of nitrogens with zero attached hydrogens (tertiary/aromatic N) is 2. The van der Waals surface area contributed by atoms with Gasteiger partial charge in [-0.25, -0.2) is 0 Å². The van der Waals surface area contributed by atoms with Crippen LogP contribution in [0.3, 0.4) is 0 Å².